The van der Waals surface area contributed by atoms with Gasteiger partial charge in [-0.15, -0.1) is 0 Å². The van der Waals surface area contributed by atoms with E-state index in [1.807, 2.05) is 0 Å². The van der Waals surface area contributed by atoms with Crippen LogP contribution in [-0.4, -0.2) is 36.2 Å². The van der Waals surface area contributed by atoms with E-state index in [9.17, 15) is 0 Å². The molecule has 1 heterocycles. The van der Waals surface area contributed by atoms with Gasteiger partial charge in [0.05, 0.1) is 12.2 Å². The molecule has 0 aromatic rings. The summed E-state index contributed by atoms with van der Waals surface area (Å²) in [4.78, 5) is 2.69. The molecule has 17 heavy (non-hydrogen) atoms. The van der Waals surface area contributed by atoms with Crippen LogP contribution in [0.2, 0.25) is 0 Å². The maximum atomic E-state index is 5.98. The topological polar surface area (TPSA) is 12.5 Å². The van der Waals surface area contributed by atoms with Crippen molar-refractivity contribution in [1.82, 2.24) is 4.90 Å². The van der Waals surface area contributed by atoms with Crippen LogP contribution in [-0.2, 0) is 4.74 Å². The van der Waals surface area contributed by atoms with Crippen molar-refractivity contribution in [3.05, 3.63) is 0 Å². The van der Waals surface area contributed by atoms with E-state index in [1.54, 1.807) is 0 Å². The van der Waals surface area contributed by atoms with Crippen molar-refractivity contribution in [1.29, 1.82) is 0 Å². The van der Waals surface area contributed by atoms with Gasteiger partial charge in [-0.05, 0) is 64.5 Å². The smallest absolute Gasteiger partial charge is 0.0734 e. The average Bonchev–Trinajstić information content (AvgIpc) is 2.25. The van der Waals surface area contributed by atoms with Crippen molar-refractivity contribution < 1.29 is 4.74 Å². The van der Waals surface area contributed by atoms with Gasteiger partial charge < -0.3 is 4.74 Å². The summed E-state index contributed by atoms with van der Waals surface area (Å²) in [7, 11) is 0. The zero-order chi connectivity index (χ0) is 12.4. The molecule has 1 aliphatic heterocycles. The largest absolute Gasteiger partial charge is 0.374 e. The van der Waals surface area contributed by atoms with E-state index in [4.69, 9.17) is 4.74 Å². The van der Waals surface area contributed by atoms with Crippen LogP contribution >= 0.6 is 0 Å². The van der Waals surface area contributed by atoms with Gasteiger partial charge in [-0.1, -0.05) is 13.8 Å². The fraction of sp³-hybridized carbons (Fsp3) is 1.00. The molecular weight excluding hydrogens is 210 g/mol. The summed E-state index contributed by atoms with van der Waals surface area (Å²) < 4.78 is 5.98. The first-order valence-electron chi connectivity index (χ1n) is 7.47. The first-order chi connectivity index (χ1) is 8.08. The third-order valence-corrected chi connectivity index (χ3v) is 4.61. The van der Waals surface area contributed by atoms with Crippen LogP contribution in [0.25, 0.3) is 0 Å². The molecule has 2 unspecified atom stereocenters. The molecule has 0 amide bonds. The van der Waals surface area contributed by atoms with Crippen LogP contribution in [0.1, 0.15) is 53.4 Å². The third kappa shape index (κ3) is 3.23. The molecule has 2 rings (SSSR count). The predicted octanol–water partition coefficient (Wildman–Crippen LogP) is 3.31. The van der Waals surface area contributed by atoms with Gasteiger partial charge in [0, 0.05) is 6.04 Å². The first kappa shape index (κ1) is 13.4. The maximum Gasteiger partial charge on any atom is 0.0734 e. The minimum atomic E-state index is 0.385. The number of piperidine rings is 1. The van der Waals surface area contributed by atoms with Crippen LogP contribution in [0, 0.1) is 11.8 Å². The van der Waals surface area contributed by atoms with Crippen LogP contribution in [0.15, 0.2) is 0 Å². The lowest BCUT2D eigenvalue weighted by Crippen LogP contribution is -2.54. The SMILES string of the molecule is CC(C)OC1CCC1N1CCC(C(C)C)CC1. The molecular formula is C15H29NO. The molecule has 1 saturated carbocycles. The van der Waals surface area contributed by atoms with Gasteiger partial charge in [0.15, 0.2) is 0 Å². The highest BCUT2D eigenvalue weighted by molar-refractivity contribution is 4.92. The summed E-state index contributed by atoms with van der Waals surface area (Å²) in [6, 6.07) is 0.727. The fourth-order valence-electron chi connectivity index (χ4n) is 3.30. The Labute approximate surface area is 107 Å². The second-order valence-corrected chi connectivity index (χ2v) is 6.49. The second-order valence-electron chi connectivity index (χ2n) is 6.49. The third-order valence-electron chi connectivity index (χ3n) is 4.61. The van der Waals surface area contributed by atoms with Gasteiger partial charge >= 0.3 is 0 Å². The standard InChI is InChI=1S/C15H29NO/c1-11(2)13-7-9-16(10-8-13)14-5-6-15(14)17-12(3)4/h11-15H,5-10H2,1-4H3. The molecule has 0 radical (unpaired) electrons. The first-order valence-corrected chi connectivity index (χ1v) is 7.47. The zero-order valence-electron chi connectivity index (χ0n) is 12.0. The van der Waals surface area contributed by atoms with Crippen molar-refractivity contribution in [3.63, 3.8) is 0 Å². The molecule has 2 fully saturated rings. The van der Waals surface area contributed by atoms with Crippen LogP contribution < -0.4 is 0 Å². The maximum absolute atomic E-state index is 5.98. The van der Waals surface area contributed by atoms with E-state index in [-0.39, 0.29) is 0 Å². The second kappa shape index (κ2) is 5.71. The predicted molar refractivity (Wildman–Crippen MR) is 72.2 cm³/mol. The van der Waals surface area contributed by atoms with Crippen LogP contribution in [0.5, 0.6) is 0 Å². The Bertz CT molecular complexity index is 231. The van der Waals surface area contributed by atoms with Crippen molar-refractivity contribution in [2.45, 2.75) is 71.6 Å². The van der Waals surface area contributed by atoms with Gasteiger partial charge in [-0.3, -0.25) is 4.90 Å². The molecule has 2 aliphatic rings. The van der Waals surface area contributed by atoms with E-state index in [0.717, 1.165) is 17.9 Å². The van der Waals surface area contributed by atoms with Gasteiger partial charge in [-0.2, -0.15) is 0 Å². The summed E-state index contributed by atoms with van der Waals surface area (Å²) in [5.74, 6) is 1.82. The molecule has 2 nitrogen and oxygen atoms in total. The highest BCUT2D eigenvalue weighted by atomic mass is 16.5. The number of hydrogen-bond donors (Lipinski definition) is 0. The lowest BCUT2D eigenvalue weighted by Gasteiger charge is -2.47. The van der Waals surface area contributed by atoms with E-state index in [2.05, 4.69) is 32.6 Å². The number of hydrogen-bond acceptors (Lipinski definition) is 2. The van der Waals surface area contributed by atoms with Crippen LogP contribution in [0.4, 0.5) is 0 Å². The number of nitrogens with zero attached hydrogens (tertiary/aromatic N) is 1. The summed E-state index contributed by atoms with van der Waals surface area (Å²) >= 11 is 0. The Hall–Kier alpha value is -0.0800. The molecule has 1 saturated heterocycles. The molecule has 0 spiro atoms. The summed E-state index contributed by atoms with van der Waals surface area (Å²) in [5.41, 5.74) is 0. The summed E-state index contributed by atoms with van der Waals surface area (Å²) in [6.07, 6.45) is 6.31. The average molecular weight is 239 g/mol. The van der Waals surface area contributed by atoms with E-state index < -0.39 is 0 Å². The molecule has 0 N–H and O–H groups in total. The van der Waals surface area contributed by atoms with E-state index >= 15 is 0 Å². The Balaban J connectivity index is 1.77. The van der Waals surface area contributed by atoms with Gasteiger partial charge in [0.2, 0.25) is 0 Å². The highest BCUT2D eigenvalue weighted by Gasteiger charge is 2.38. The highest BCUT2D eigenvalue weighted by Crippen LogP contribution is 2.33. The molecule has 2 heteroatoms. The Morgan fingerprint density at radius 2 is 1.59 bits per heavy atom. The lowest BCUT2D eigenvalue weighted by molar-refractivity contribution is -0.102. The lowest BCUT2D eigenvalue weighted by atomic mass is 9.82. The van der Waals surface area contributed by atoms with Crippen molar-refractivity contribution in [2.75, 3.05) is 13.1 Å². The molecule has 2 atom stereocenters. The zero-order valence-corrected chi connectivity index (χ0v) is 12.0. The van der Waals surface area contributed by atoms with Gasteiger partial charge in [0.1, 0.15) is 0 Å². The van der Waals surface area contributed by atoms with Crippen molar-refractivity contribution in [2.24, 2.45) is 11.8 Å². The Morgan fingerprint density at radius 1 is 0.941 bits per heavy atom. The quantitative estimate of drug-likeness (QED) is 0.746. The minimum absolute atomic E-state index is 0.385. The monoisotopic (exact) mass is 239 g/mol. The Morgan fingerprint density at radius 3 is 2.00 bits per heavy atom. The normalized spacial score (nSPS) is 32.1. The molecule has 0 bridgehead atoms. The summed E-state index contributed by atoms with van der Waals surface area (Å²) in [5, 5.41) is 0. The number of rotatable bonds is 4. The van der Waals surface area contributed by atoms with E-state index in [0.29, 0.717) is 12.2 Å². The molecule has 100 valence electrons. The fourth-order valence-corrected chi connectivity index (χ4v) is 3.30. The number of likely N-dealkylation sites (tertiary alicyclic amines) is 1. The molecule has 0 aromatic carbocycles. The Kier molecular flexibility index (Phi) is 4.48. The number of ether oxygens (including phenoxy) is 1. The summed E-state index contributed by atoms with van der Waals surface area (Å²) in [6.45, 7) is 11.6. The minimum Gasteiger partial charge on any atom is -0.374 e. The van der Waals surface area contributed by atoms with Gasteiger partial charge in [0.25, 0.3) is 0 Å². The van der Waals surface area contributed by atoms with E-state index in [1.165, 1.54) is 38.8 Å². The molecule has 0 aromatic heterocycles. The van der Waals surface area contributed by atoms with Crippen LogP contribution in [0.3, 0.4) is 0 Å². The van der Waals surface area contributed by atoms with Gasteiger partial charge in [-0.25, -0.2) is 0 Å². The van der Waals surface area contributed by atoms with Crippen molar-refractivity contribution in [3.8, 4) is 0 Å². The van der Waals surface area contributed by atoms with Crippen molar-refractivity contribution >= 4 is 0 Å². The molecule has 1 aliphatic carbocycles.